The van der Waals surface area contributed by atoms with E-state index in [-0.39, 0.29) is 13.2 Å². The minimum atomic E-state index is -1.37. The smallest absolute Gasteiger partial charge is 0.410 e. The van der Waals surface area contributed by atoms with Crippen molar-refractivity contribution in [3.63, 3.8) is 0 Å². The molecule has 0 saturated carbocycles. The lowest BCUT2D eigenvalue weighted by Crippen LogP contribution is -2.44. The van der Waals surface area contributed by atoms with Gasteiger partial charge in [0.2, 0.25) is 0 Å². The summed E-state index contributed by atoms with van der Waals surface area (Å²) in [5, 5.41) is 0. The normalized spacial score (nSPS) is 21.8. The van der Waals surface area contributed by atoms with Crippen LogP contribution in [0.5, 0.6) is 0 Å². The maximum atomic E-state index is 14.2. The summed E-state index contributed by atoms with van der Waals surface area (Å²) in [4.78, 5) is 24.9. The van der Waals surface area contributed by atoms with E-state index < -0.39 is 23.8 Å². The number of hydrogen-bond donors (Lipinski definition) is 0. The highest BCUT2D eigenvalue weighted by atomic mass is 19.1. The van der Waals surface area contributed by atoms with Gasteiger partial charge in [-0.15, -0.1) is 0 Å². The van der Waals surface area contributed by atoms with Crippen LogP contribution in [0.25, 0.3) is 0 Å². The number of hydrogen-bond acceptors (Lipinski definition) is 4. The fraction of sp³-hybridized carbons (Fsp3) is 0.733. The van der Waals surface area contributed by atoms with Gasteiger partial charge in [0, 0.05) is 12.1 Å². The number of rotatable bonds is 2. The van der Waals surface area contributed by atoms with Crippen molar-refractivity contribution < 1.29 is 23.5 Å². The van der Waals surface area contributed by atoms with E-state index in [2.05, 4.69) is 0 Å². The maximum absolute atomic E-state index is 14.2. The summed E-state index contributed by atoms with van der Waals surface area (Å²) in [5.74, 6) is -0.499. The highest BCUT2D eigenvalue weighted by molar-refractivity contribution is 5.89. The van der Waals surface area contributed by atoms with Crippen LogP contribution in [0.2, 0.25) is 0 Å². The first-order valence-corrected chi connectivity index (χ1v) is 7.14. The van der Waals surface area contributed by atoms with Crippen molar-refractivity contribution in [1.29, 1.82) is 0 Å². The zero-order valence-corrected chi connectivity index (χ0v) is 13.4. The third-order valence-electron chi connectivity index (χ3n) is 3.12. The molecule has 1 aliphatic rings. The summed E-state index contributed by atoms with van der Waals surface area (Å²) in [6.45, 7) is 9.04. The van der Waals surface area contributed by atoms with Gasteiger partial charge in [-0.1, -0.05) is 0 Å². The Morgan fingerprint density at radius 3 is 2.48 bits per heavy atom. The van der Waals surface area contributed by atoms with Gasteiger partial charge >= 0.3 is 12.1 Å². The van der Waals surface area contributed by atoms with Crippen molar-refractivity contribution in [3.05, 3.63) is 11.1 Å². The van der Waals surface area contributed by atoms with Crippen LogP contribution in [0.4, 0.5) is 9.18 Å². The second kappa shape index (κ2) is 6.91. The molecule has 1 rings (SSSR count). The molecule has 1 fully saturated rings. The van der Waals surface area contributed by atoms with E-state index in [1.807, 2.05) is 0 Å². The van der Waals surface area contributed by atoms with E-state index in [9.17, 15) is 14.0 Å². The van der Waals surface area contributed by atoms with E-state index >= 15 is 0 Å². The van der Waals surface area contributed by atoms with Crippen molar-refractivity contribution >= 4 is 12.1 Å². The van der Waals surface area contributed by atoms with Crippen LogP contribution < -0.4 is 0 Å². The fourth-order valence-electron chi connectivity index (χ4n) is 2.09. The Hall–Kier alpha value is -1.59. The zero-order valence-electron chi connectivity index (χ0n) is 13.4. The first-order chi connectivity index (χ1) is 9.65. The molecule has 1 heterocycles. The van der Waals surface area contributed by atoms with Crippen LogP contribution in [-0.4, -0.2) is 48.4 Å². The predicted octanol–water partition coefficient (Wildman–Crippen LogP) is 2.84. The fourth-order valence-corrected chi connectivity index (χ4v) is 2.09. The predicted molar refractivity (Wildman–Crippen MR) is 76.7 cm³/mol. The number of likely N-dealkylation sites (tertiary alicyclic amines) is 1. The number of ether oxygens (including phenoxy) is 2. The number of halogens is 1. The molecule has 0 aromatic carbocycles. The molecule has 21 heavy (non-hydrogen) atoms. The lowest BCUT2D eigenvalue weighted by Gasteiger charge is -2.33. The first kappa shape index (κ1) is 17.5. The Morgan fingerprint density at radius 1 is 1.38 bits per heavy atom. The Balaban J connectivity index is 2.72. The lowest BCUT2D eigenvalue weighted by molar-refractivity contribution is -0.138. The van der Waals surface area contributed by atoms with Crippen LogP contribution in [-0.2, 0) is 14.3 Å². The quantitative estimate of drug-likeness (QED) is 0.581. The Kier molecular flexibility index (Phi) is 5.75. The monoisotopic (exact) mass is 301 g/mol. The number of piperidine rings is 1. The van der Waals surface area contributed by atoms with Gasteiger partial charge < -0.3 is 14.4 Å². The minimum Gasteiger partial charge on any atom is -0.463 e. The van der Waals surface area contributed by atoms with Crippen molar-refractivity contribution in [2.24, 2.45) is 0 Å². The molecule has 0 N–H and O–H groups in total. The maximum Gasteiger partial charge on any atom is 0.410 e. The van der Waals surface area contributed by atoms with E-state index in [1.165, 1.54) is 4.90 Å². The van der Waals surface area contributed by atoms with Gasteiger partial charge in [0.05, 0.1) is 13.2 Å². The van der Waals surface area contributed by atoms with E-state index in [4.69, 9.17) is 9.47 Å². The van der Waals surface area contributed by atoms with Crippen LogP contribution in [0.1, 0.15) is 41.0 Å². The summed E-state index contributed by atoms with van der Waals surface area (Å²) >= 11 is 0. The average Bonchev–Trinajstić information content (AvgIpc) is 2.36. The standard InChI is InChI=1S/C15H24FNO4/c1-6-20-13(18)10(2)11-7-8-17(9-12(11)16)14(19)21-15(3,4)5/h12H,6-9H2,1-5H3. The Labute approximate surface area is 125 Å². The Bertz CT molecular complexity index is 439. The number of alkyl halides is 1. The number of nitrogens with zero attached hydrogens (tertiary/aromatic N) is 1. The number of carbonyl (C=O) groups excluding carboxylic acids is 2. The van der Waals surface area contributed by atoms with Crippen LogP contribution in [0, 0.1) is 0 Å². The molecule has 0 aromatic rings. The third-order valence-corrected chi connectivity index (χ3v) is 3.12. The number of esters is 1. The van der Waals surface area contributed by atoms with Gasteiger partial charge in [-0.2, -0.15) is 0 Å². The average molecular weight is 301 g/mol. The van der Waals surface area contributed by atoms with E-state index in [0.29, 0.717) is 24.1 Å². The van der Waals surface area contributed by atoms with Gasteiger partial charge in [-0.25, -0.2) is 14.0 Å². The second-order valence-corrected chi connectivity index (χ2v) is 6.01. The molecular weight excluding hydrogens is 277 g/mol. The van der Waals surface area contributed by atoms with Crippen molar-refractivity contribution in [2.75, 3.05) is 19.7 Å². The minimum absolute atomic E-state index is 0.0962. The highest BCUT2D eigenvalue weighted by Crippen LogP contribution is 2.25. The lowest BCUT2D eigenvalue weighted by atomic mass is 9.97. The van der Waals surface area contributed by atoms with Gasteiger partial charge in [-0.3, -0.25) is 0 Å². The molecular formula is C15H24FNO4. The van der Waals surface area contributed by atoms with Crippen molar-refractivity contribution in [3.8, 4) is 0 Å². The molecule has 0 bridgehead atoms. The molecule has 6 heteroatoms. The number of amides is 1. The molecule has 0 aliphatic carbocycles. The van der Waals surface area contributed by atoms with Crippen molar-refractivity contribution in [2.45, 2.75) is 52.8 Å². The van der Waals surface area contributed by atoms with Crippen LogP contribution >= 0.6 is 0 Å². The summed E-state index contributed by atoms with van der Waals surface area (Å²) in [5.41, 5.74) is 0.0984. The number of carbonyl (C=O) groups is 2. The molecule has 1 amide bonds. The molecule has 1 atom stereocenters. The molecule has 0 spiro atoms. The zero-order chi connectivity index (χ0) is 16.2. The molecule has 5 nitrogen and oxygen atoms in total. The van der Waals surface area contributed by atoms with Gasteiger partial charge in [0.1, 0.15) is 11.8 Å². The molecule has 1 aliphatic heterocycles. The van der Waals surface area contributed by atoms with E-state index in [0.717, 1.165) is 0 Å². The molecule has 120 valence electrons. The summed E-state index contributed by atoms with van der Waals surface area (Å²) in [6.07, 6.45) is -1.58. The molecule has 1 saturated heterocycles. The summed E-state index contributed by atoms with van der Waals surface area (Å²) in [7, 11) is 0. The third kappa shape index (κ3) is 5.02. The molecule has 1 unspecified atom stereocenters. The van der Waals surface area contributed by atoms with E-state index in [1.54, 1.807) is 34.6 Å². The van der Waals surface area contributed by atoms with Crippen LogP contribution in [0.15, 0.2) is 11.1 Å². The topological polar surface area (TPSA) is 55.8 Å². The highest BCUT2D eigenvalue weighted by Gasteiger charge is 2.32. The van der Waals surface area contributed by atoms with Crippen LogP contribution in [0.3, 0.4) is 0 Å². The van der Waals surface area contributed by atoms with Gasteiger partial charge in [0.15, 0.2) is 0 Å². The van der Waals surface area contributed by atoms with Crippen molar-refractivity contribution in [1.82, 2.24) is 4.90 Å². The molecule has 0 aromatic heterocycles. The van der Waals surface area contributed by atoms with Gasteiger partial charge in [-0.05, 0) is 46.6 Å². The Morgan fingerprint density at radius 2 is 2.00 bits per heavy atom. The van der Waals surface area contributed by atoms with Gasteiger partial charge in [0.25, 0.3) is 0 Å². The molecule has 0 radical (unpaired) electrons. The second-order valence-electron chi connectivity index (χ2n) is 6.01. The SMILES string of the molecule is CCOC(=O)C(C)=C1CCN(C(=O)OC(C)(C)C)CC1F. The summed E-state index contributed by atoms with van der Waals surface area (Å²) < 4.78 is 24.3. The first-order valence-electron chi connectivity index (χ1n) is 7.14. The summed E-state index contributed by atoms with van der Waals surface area (Å²) in [6, 6.07) is 0. The largest absolute Gasteiger partial charge is 0.463 e.